The normalized spacial score (nSPS) is 11.5. The lowest BCUT2D eigenvalue weighted by Crippen LogP contribution is -2.47. The molecule has 0 saturated heterocycles. The molecule has 28 heavy (non-hydrogen) atoms. The maximum absolute atomic E-state index is 12.2. The van der Waals surface area contributed by atoms with Crippen molar-refractivity contribution in [2.45, 2.75) is 26.9 Å². The lowest BCUT2D eigenvalue weighted by Gasteiger charge is -2.17. The Labute approximate surface area is 163 Å². The van der Waals surface area contributed by atoms with Gasteiger partial charge in [-0.1, -0.05) is 12.1 Å². The van der Waals surface area contributed by atoms with Crippen molar-refractivity contribution in [3.8, 4) is 11.4 Å². The van der Waals surface area contributed by atoms with Crippen LogP contribution in [0.1, 0.15) is 28.4 Å². The highest BCUT2D eigenvalue weighted by Gasteiger charge is 2.17. The van der Waals surface area contributed by atoms with Gasteiger partial charge in [0.1, 0.15) is 5.75 Å². The summed E-state index contributed by atoms with van der Waals surface area (Å²) in [6, 6.07) is 12.6. The standard InChI is InChI=1S/C21H22N4O3/c1-14-5-4-6-19(15(14)2)28-16(3)20(26)23-24-21(27)17-7-9-18(10-8-17)25-12-11-22-13-25/h4-13,16H,1-3H3,(H,23,26)(H,24,27). The largest absolute Gasteiger partial charge is 0.481 e. The van der Waals surface area contributed by atoms with Crippen molar-refractivity contribution in [1.29, 1.82) is 0 Å². The molecule has 1 unspecified atom stereocenters. The van der Waals surface area contributed by atoms with Crippen LogP contribution in [0.4, 0.5) is 0 Å². The maximum atomic E-state index is 12.2. The fourth-order valence-electron chi connectivity index (χ4n) is 2.58. The van der Waals surface area contributed by atoms with E-state index < -0.39 is 17.9 Å². The number of rotatable bonds is 5. The van der Waals surface area contributed by atoms with E-state index in [1.54, 1.807) is 43.7 Å². The summed E-state index contributed by atoms with van der Waals surface area (Å²) in [6.07, 6.45) is 4.40. The van der Waals surface area contributed by atoms with Gasteiger partial charge < -0.3 is 9.30 Å². The lowest BCUT2D eigenvalue weighted by molar-refractivity contribution is -0.128. The van der Waals surface area contributed by atoms with Crippen LogP contribution < -0.4 is 15.6 Å². The quantitative estimate of drug-likeness (QED) is 0.669. The average molecular weight is 378 g/mol. The first-order valence-corrected chi connectivity index (χ1v) is 8.87. The first-order valence-electron chi connectivity index (χ1n) is 8.87. The SMILES string of the molecule is Cc1cccc(OC(C)C(=O)NNC(=O)c2ccc(-n3ccnc3)cc2)c1C. The number of amides is 2. The molecule has 0 radical (unpaired) electrons. The van der Waals surface area contributed by atoms with E-state index in [0.29, 0.717) is 11.3 Å². The minimum Gasteiger partial charge on any atom is -0.481 e. The molecule has 3 rings (SSSR count). The van der Waals surface area contributed by atoms with Gasteiger partial charge in [-0.05, 0) is 62.2 Å². The second-order valence-electron chi connectivity index (χ2n) is 6.42. The summed E-state index contributed by atoms with van der Waals surface area (Å²) < 4.78 is 7.54. The van der Waals surface area contributed by atoms with Gasteiger partial charge in [0.15, 0.2) is 6.10 Å². The Kier molecular flexibility index (Phi) is 5.74. The first kappa shape index (κ1) is 19.2. The van der Waals surface area contributed by atoms with E-state index in [-0.39, 0.29) is 0 Å². The van der Waals surface area contributed by atoms with Gasteiger partial charge in [-0.15, -0.1) is 0 Å². The molecule has 1 heterocycles. The Bertz CT molecular complexity index is 966. The molecular weight excluding hydrogens is 356 g/mol. The van der Waals surface area contributed by atoms with Gasteiger partial charge in [-0.3, -0.25) is 20.4 Å². The third-order valence-corrected chi connectivity index (χ3v) is 4.46. The number of hydrazine groups is 1. The molecule has 144 valence electrons. The Balaban J connectivity index is 1.55. The van der Waals surface area contributed by atoms with Crippen LogP contribution in [-0.2, 0) is 4.79 Å². The number of hydrogen-bond donors (Lipinski definition) is 2. The fraction of sp³-hybridized carbons (Fsp3) is 0.190. The number of benzene rings is 2. The van der Waals surface area contributed by atoms with Crippen molar-refractivity contribution in [3.63, 3.8) is 0 Å². The van der Waals surface area contributed by atoms with Gasteiger partial charge in [-0.2, -0.15) is 0 Å². The summed E-state index contributed by atoms with van der Waals surface area (Å²) in [4.78, 5) is 28.5. The lowest BCUT2D eigenvalue weighted by atomic mass is 10.1. The molecule has 7 heteroatoms. The van der Waals surface area contributed by atoms with E-state index in [0.717, 1.165) is 16.8 Å². The van der Waals surface area contributed by atoms with E-state index in [1.165, 1.54) is 0 Å². The third-order valence-electron chi connectivity index (χ3n) is 4.46. The van der Waals surface area contributed by atoms with Gasteiger partial charge in [0.2, 0.25) is 0 Å². The first-order chi connectivity index (χ1) is 13.5. The molecule has 1 aromatic heterocycles. The topological polar surface area (TPSA) is 85.3 Å². The monoisotopic (exact) mass is 378 g/mol. The van der Waals surface area contributed by atoms with E-state index in [2.05, 4.69) is 15.8 Å². The zero-order valence-corrected chi connectivity index (χ0v) is 16.0. The number of hydrogen-bond acceptors (Lipinski definition) is 4. The van der Waals surface area contributed by atoms with Gasteiger partial charge in [0.05, 0.1) is 6.33 Å². The maximum Gasteiger partial charge on any atom is 0.279 e. The summed E-state index contributed by atoms with van der Waals surface area (Å²) >= 11 is 0. The molecule has 2 aromatic carbocycles. The number of aromatic nitrogens is 2. The van der Waals surface area contributed by atoms with E-state index in [9.17, 15) is 9.59 Å². The zero-order valence-electron chi connectivity index (χ0n) is 16.0. The Hall–Kier alpha value is -3.61. The molecule has 0 fully saturated rings. The van der Waals surface area contributed by atoms with Crippen LogP contribution in [0.15, 0.2) is 61.2 Å². The summed E-state index contributed by atoms with van der Waals surface area (Å²) in [7, 11) is 0. The number of imidazole rings is 1. The van der Waals surface area contributed by atoms with Crippen LogP contribution in [0.5, 0.6) is 5.75 Å². The highest BCUT2D eigenvalue weighted by Crippen LogP contribution is 2.21. The number of nitrogens with zero attached hydrogens (tertiary/aromatic N) is 2. The fourth-order valence-corrected chi connectivity index (χ4v) is 2.58. The highest BCUT2D eigenvalue weighted by atomic mass is 16.5. The van der Waals surface area contributed by atoms with Crippen molar-refractivity contribution >= 4 is 11.8 Å². The van der Waals surface area contributed by atoms with Gasteiger partial charge in [0.25, 0.3) is 11.8 Å². The van der Waals surface area contributed by atoms with E-state index >= 15 is 0 Å². The molecule has 3 aromatic rings. The number of aryl methyl sites for hydroxylation is 1. The molecular formula is C21H22N4O3. The van der Waals surface area contributed by atoms with Crippen LogP contribution in [0.25, 0.3) is 5.69 Å². The van der Waals surface area contributed by atoms with Crippen molar-refractivity contribution in [3.05, 3.63) is 77.9 Å². The molecule has 0 saturated carbocycles. The molecule has 2 amide bonds. The van der Waals surface area contributed by atoms with Crippen LogP contribution in [-0.4, -0.2) is 27.5 Å². The average Bonchev–Trinajstić information content (AvgIpc) is 3.24. The second kappa shape index (κ2) is 8.39. The summed E-state index contributed by atoms with van der Waals surface area (Å²) in [5.41, 5.74) is 8.17. The predicted molar refractivity (Wildman–Crippen MR) is 105 cm³/mol. The molecule has 0 aliphatic carbocycles. The molecule has 0 aliphatic rings. The van der Waals surface area contributed by atoms with Crippen molar-refractivity contribution in [1.82, 2.24) is 20.4 Å². The molecule has 1 atom stereocenters. The number of nitrogens with one attached hydrogen (secondary N) is 2. The number of ether oxygens (including phenoxy) is 1. The Morgan fingerprint density at radius 2 is 1.82 bits per heavy atom. The van der Waals surface area contributed by atoms with E-state index in [4.69, 9.17) is 4.74 Å². The highest BCUT2D eigenvalue weighted by molar-refractivity contribution is 5.95. The molecule has 0 aliphatic heterocycles. The third kappa shape index (κ3) is 4.37. The van der Waals surface area contributed by atoms with Gasteiger partial charge in [0, 0.05) is 23.6 Å². The predicted octanol–water partition coefficient (Wildman–Crippen LogP) is 2.72. The summed E-state index contributed by atoms with van der Waals surface area (Å²) in [5, 5.41) is 0. The smallest absolute Gasteiger partial charge is 0.279 e. The van der Waals surface area contributed by atoms with Crippen molar-refractivity contribution in [2.24, 2.45) is 0 Å². The number of carbonyl (C=O) groups is 2. The van der Waals surface area contributed by atoms with Crippen molar-refractivity contribution < 1.29 is 14.3 Å². The second-order valence-corrected chi connectivity index (χ2v) is 6.42. The molecule has 2 N–H and O–H groups in total. The van der Waals surface area contributed by atoms with Crippen LogP contribution in [0.3, 0.4) is 0 Å². The number of carbonyl (C=O) groups excluding carboxylic acids is 2. The van der Waals surface area contributed by atoms with Gasteiger partial charge in [-0.25, -0.2) is 4.98 Å². The Morgan fingerprint density at radius 3 is 2.50 bits per heavy atom. The minimum atomic E-state index is -0.760. The minimum absolute atomic E-state index is 0.413. The van der Waals surface area contributed by atoms with Crippen molar-refractivity contribution in [2.75, 3.05) is 0 Å². The zero-order chi connectivity index (χ0) is 20.1. The van der Waals surface area contributed by atoms with Gasteiger partial charge >= 0.3 is 0 Å². The Morgan fingerprint density at radius 1 is 1.07 bits per heavy atom. The summed E-state index contributed by atoms with van der Waals surface area (Å²) in [5.74, 6) is -0.210. The molecule has 7 nitrogen and oxygen atoms in total. The van der Waals surface area contributed by atoms with E-state index in [1.807, 2.05) is 42.8 Å². The van der Waals surface area contributed by atoms with Crippen LogP contribution in [0, 0.1) is 13.8 Å². The van der Waals surface area contributed by atoms with Crippen LogP contribution >= 0.6 is 0 Å². The molecule has 0 spiro atoms. The van der Waals surface area contributed by atoms with Crippen LogP contribution in [0.2, 0.25) is 0 Å². The summed E-state index contributed by atoms with van der Waals surface area (Å²) in [6.45, 7) is 5.54. The molecule has 0 bridgehead atoms.